The van der Waals surface area contributed by atoms with Crippen molar-refractivity contribution < 1.29 is 57.5 Å². The van der Waals surface area contributed by atoms with Gasteiger partial charge in [-0.3, -0.25) is 24.0 Å². The van der Waals surface area contributed by atoms with Gasteiger partial charge in [-0.25, -0.2) is 0 Å². The summed E-state index contributed by atoms with van der Waals surface area (Å²) in [6.45, 7) is 4.03. The second-order valence-corrected chi connectivity index (χ2v) is 9.53. The number of Topliss-reactive ketones (excluding diaryl/α,β-unsaturated/α-hetero) is 1. The van der Waals surface area contributed by atoms with Crippen LogP contribution in [0.25, 0.3) is 0 Å². The molecular formula is C28H29ClO12. The Balaban J connectivity index is 1.90. The highest BCUT2D eigenvalue weighted by atomic mass is 35.5. The Labute approximate surface area is 240 Å². The fourth-order valence-electron chi connectivity index (χ4n) is 4.12. The molecule has 2 aromatic carbocycles. The fourth-order valence-corrected chi connectivity index (χ4v) is 4.25. The van der Waals surface area contributed by atoms with Crippen LogP contribution < -0.4 is 4.74 Å². The zero-order chi connectivity index (χ0) is 30.3. The van der Waals surface area contributed by atoms with Crippen LogP contribution in [0.15, 0.2) is 42.5 Å². The molecule has 1 aliphatic heterocycles. The zero-order valence-corrected chi connectivity index (χ0v) is 23.4. The topological polar surface area (TPSA) is 161 Å². The molecule has 41 heavy (non-hydrogen) atoms. The average Bonchev–Trinajstić information content (AvgIpc) is 2.87. The predicted octanol–water partition coefficient (Wildman–Crippen LogP) is 2.93. The van der Waals surface area contributed by atoms with Crippen molar-refractivity contribution in [2.24, 2.45) is 0 Å². The minimum Gasteiger partial charge on any atom is -0.507 e. The van der Waals surface area contributed by atoms with Crippen molar-refractivity contribution in [3.63, 3.8) is 0 Å². The van der Waals surface area contributed by atoms with Crippen molar-refractivity contribution in [3.05, 3.63) is 58.6 Å². The van der Waals surface area contributed by atoms with Gasteiger partial charge in [0, 0.05) is 45.2 Å². The van der Waals surface area contributed by atoms with E-state index in [0.717, 1.165) is 33.8 Å². The molecule has 1 fully saturated rings. The first kappa shape index (κ1) is 31.4. The van der Waals surface area contributed by atoms with Gasteiger partial charge in [0.1, 0.15) is 24.2 Å². The van der Waals surface area contributed by atoms with Gasteiger partial charge in [-0.2, -0.15) is 0 Å². The molecule has 13 heteroatoms. The maximum atomic E-state index is 12.8. The Morgan fingerprint density at radius 1 is 0.805 bits per heavy atom. The summed E-state index contributed by atoms with van der Waals surface area (Å²) in [7, 11) is 0. The van der Waals surface area contributed by atoms with E-state index in [0.29, 0.717) is 10.6 Å². The third-order valence-corrected chi connectivity index (χ3v) is 6.00. The fraction of sp³-hybridized carbons (Fsp3) is 0.393. The standard InChI is InChI=1S/C28H29ClO12/c1-14(30)36-13-24-25(37-15(2)31)26(38-16(3)32)27(39-17(4)33)28(41-24)40-20-9-10-21(23(35)12-20)22(34)11-18-5-7-19(29)8-6-18/h5-10,12,24-28,35H,11,13H2,1-4H3/t24-,25+,26-,27-,28+/m0/s1. The average molecular weight is 593 g/mol. The van der Waals surface area contributed by atoms with Crippen LogP contribution in [0.3, 0.4) is 0 Å². The molecule has 220 valence electrons. The number of rotatable bonds is 10. The summed E-state index contributed by atoms with van der Waals surface area (Å²) in [6.07, 6.45) is -6.93. The van der Waals surface area contributed by atoms with E-state index in [2.05, 4.69) is 0 Å². The van der Waals surface area contributed by atoms with Crippen molar-refractivity contribution in [2.75, 3.05) is 6.61 Å². The highest BCUT2D eigenvalue weighted by Gasteiger charge is 2.53. The Hall–Kier alpha value is -4.16. The first-order valence-electron chi connectivity index (χ1n) is 12.4. The largest absolute Gasteiger partial charge is 0.507 e. The number of esters is 4. The molecule has 1 saturated heterocycles. The Morgan fingerprint density at radius 2 is 1.39 bits per heavy atom. The van der Waals surface area contributed by atoms with Gasteiger partial charge in [-0.1, -0.05) is 23.7 Å². The maximum Gasteiger partial charge on any atom is 0.303 e. The Kier molecular flexibility index (Phi) is 10.7. The van der Waals surface area contributed by atoms with Crippen LogP contribution in [-0.4, -0.2) is 72.1 Å². The third kappa shape index (κ3) is 8.92. The van der Waals surface area contributed by atoms with E-state index in [9.17, 15) is 29.1 Å². The predicted molar refractivity (Wildman–Crippen MR) is 140 cm³/mol. The molecular weight excluding hydrogens is 564 g/mol. The molecule has 1 heterocycles. The van der Waals surface area contributed by atoms with Crippen molar-refractivity contribution in [1.82, 2.24) is 0 Å². The summed E-state index contributed by atoms with van der Waals surface area (Å²) in [5.74, 6) is -3.80. The summed E-state index contributed by atoms with van der Waals surface area (Å²) in [4.78, 5) is 60.1. The van der Waals surface area contributed by atoms with Gasteiger partial charge in [-0.05, 0) is 29.8 Å². The molecule has 0 aromatic heterocycles. The lowest BCUT2D eigenvalue weighted by atomic mass is 9.98. The smallest absolute Gasteiger partial charge is 0.303 e. The van der Waals surface area contributed by atoms with Crippen molar-refractivity contribution >= 4 is 41.3 Å². The number of ketones is 1. The highest BCUT2D eigenvalue weighted by Crippen LogP contribution is 2.33. The van der Waals surface area contributed by atoms with Gasteiger partial charge in [0.05, 0.1) is 5.56 Å². The van der Waals surface area contributed by atoms with Crippen molar-refractivity contribution in [2.45, 2.75) is 64.8 Å². The summed E-state index contributed by atoms with van der Waals surface area (Å²) in [5.41, 5.74) is 0.713. The van der Waals surface area contributed by atoms with E-state index < -0.39 is 66.9 Å². The van der Waals surface area contributed by atoms with E-state index in [1.165, 1.54) is 12.1 Å². The molecule has 0 spiro atoms. The third-order valence-electron chi connectivity index (χ3n) is 5.75. The summed E-state index contributed by atoms with van der Waals surface area (Å²) < 4.78 is 32.8. The van der Waals surface area contributed by atoms with Crippen molar-refractivity contribution in [1.29, 1.82) is 0 Å². The number of hydrogen-bond acceptors (Lipinski definition) is 12. The normalized spacial score (nSPS) is 21.7. The molecule has 0 saturated carbocycles. The van der Waals surface area contributed by atoms with E-state index in [-0.39, 0.29) is 23.5 Å². The van der Waals surface area contributed by atoms with E-state index >= 15 is 0 Å². The molecule has 5 atom stereocenters. The van der Waals surface area contributed by atoms with Gasteiger partial charge in [0.2, 0.25) is 12.4 Å². The van der Waals surface area contributed by atoms with Crippen molar-refractivity contribution in [3.8, 4) is 11.5 Å². The highest BCUT2D eigenvalue weighted by molar-refractivity contribution is 6.30. The lowest BCUT2D eigenvalue weighted by molar-refractivity contribution is -0.288. The van der Waals surface area contributed by atoms with E-state index in [1.807, 2.05) is 0 Å². The summed E-state index contributed by atoms with van der Waals surface area (Å²) >= 11 is 5.89. The number of phenols is 1. The SMILES string of the molecule is CC(=O)OC[C@@H]1O[C@@H](Oc2ccc(C(=O)Cc3ccc(Cl)cc3)c(O)c2)[C@@H](OC(C)=O)[C@@H](OC(C)=O)[C@@H]1OC(C)=O. The van der Waals surface area contributed by atoms with Gasteiger partial charge >= 0.3 is 23.9 Å². The van der Waals surface area contributed by atoms with Crippen LogP contribution in [0.4, 0.5) is 0 Å². The van der Waals surface area contributed by atoms with E-state index in [1.54, 1.807) is 24.3 Å². The number of aromatic hydroxyl groups is 1. The Bertz CT molecular complexity index is 1290. The van der Waals surface area contributed by atoms with Crippen LogP contribution in [0.5, 0.6) is 11.5 Å². The monoisotopic (exact) mass is 592 g/mol. The number of phenolic OH excluding ortho intramolecular Hbond substituents is 1. The maximum absolute atomic E-state index is 12.8. The number of carbonyl (C=O) groups excluding carboxylic acids is 5. The molecule has 3 rings (SSSR count). The lowest BCUT2D eigenvalue weighted by Gasteiger charge is -2.43. The van der Waals surface area contributed by atoms with Gasteiger partial charge < -0.3 is 33.5 Å². The van der Waals surface area contributed by atoms with Crippen LogP contribution >= 0.6 is 11.6 Å². The molecule has 1 aliphatic rings. The summed E-state index contributed by atoms with van der Waals surface area (Å²) in [5, 5.41) is 11.1. The second kappa shape index (κ2) is 14.0. The minimum atomic E-state index is -1.49. The van der Waals surface area contributed by atoms with Crippen LogP contribution in [0.1, 0.15) is 43.6 Å². The molecule has 0 unspecified atom stereocenters. The molecule has 2 aromatic rings. The van der Waals surface area contributed by atoms with Gasteiger partial charge in [0.25, 0.3) is 0 Å². The number of ether oxygens (including phenoxy) is 6. The van der Waals surface area contributed by atoms with Crippen LogP contribution in [0, 0.1) is 0 Å². The first-order chi connectivity index (χ1) is 19.3. The van der Waals surface area contributed by atoms with Gasteiger partial charge in [-0.15, -0.1) is 0 Å². The van der Waals surface area contributed by atoms with Crippen LogP contribution in [0.2, 0.25) is 5.02 Å². The van der Waals surface area contributed by atoms with Gasteiger partial charge in [0.15, 0.2) is 18.0 Å². The molecule has 12 nitrogen and oxygen atoms in total. The molecule has 1 N–H and O–H groups in total. The number of halogens is 1. The first-order valence-corrected chi connectivity index (χ1v) is 12.8. The lowest BCUT2D eigenvalue weighted by Crippen LogP contribution is -2.63. The van der Waals surface area contributed by atoms with E-state index in [4.69, 9.17) is 40.0 Å². The quantitative estimate of drug-likeness (QED) is 0.244. The number of hydrogen-bond donors (Lipinski definition) is 1. The molecule has 0 amide bonds. The molecule has 0 bridgehead atoms. The second-order valence-electron chi connectivity index (χ2n) is 9.09. The number of carbonyl (C=O) groups is 5. The molecule has 0 aliphatic carbocycles. The minimum absolute atomic E-state index is 0.00459. The number of benzene rings is 2. The summed E-state index contributed by atoms with van der Waals surface area (Å²) in [6, 6.07) is 10.6. The van der Waals surface area contributed by atoms with Crippen LogP contribution in [-0.2, 0) is 49.3 Å². The zero-order valence-electron chi connectivity index (χ0n) is 22.7. The molecule has 0 radical (unpaired) electrons. The Morgan fingerprint density at radius 3 is 1.95 bits per heavy atom.